The molecule has 11 nitrogen and oxygen atoms in total. The van der Waals surface area contributed by atoms with Crippen molar-refractivity contribution in [1.82, 2.24) is 0 Å². The number of methoxy groups -OCH3 is 4. The Labute approximate surface area is 158 Å². The first-order valence-corrected chi connectivity index (χ1v) is 7.64. The number of ketones is 1. The molecule has 0 amide bonds. The maximum atomic E-state index is 13.0. The fraction of sp³-hybridized carbons (Fsp3) is 0.235. The van der Waals surface area contributed by atoms with Gasteiger partial charge in [-0.1, -0.05) is 0 Å². The van der Waals surface area contributed by atoms with Crippen molar-refractivity contribution in [2.24, 2.45) is 0 Å². The molecule has 11 heteroatoms. The number of nitrogens with zero attached hydrogens (tertiary/aromatic N) is 2. The van der Waals surface area contributed by atoms with Crippen LogP contribution in [0.5, 0.6) is 23.0 Å². The van der Waals surface area contributed by atoms with Crippen LogP contribution in [0.4, 0.5) is 11.4 Å². The molecule has 0 saturated heterocycles. The van der Waals surface area contributed by atoms with Crippen LogP contribution in [-0.4, -0.2) is 44.1 Å². The predicted molar refractivity (Wildman–Crippen MR) is 95.8 cm³/mol. The van der Waals surface area contributed by atoms with Gasteiger partial charge in [0.2, 0.25) is 5.78 Å². The summed E-state index contributed by atoms with van der Waals surface area (Å²) in [5.74, 6) is -0.778. The van der Waals surface area contributed by atoms with E-state index in [9.17, 15) is 25.0 Å². The molecule has 0 bridgehead atoms. The molecule has 0 radical (unpaired) electrons. The first kappa shape index (κ1) is 20.4. The van der Waals surface area contributed by atoms with Crippen molar-refractivity contribution in [3.63, 3.8) is 0 Å². The van der Waals surface area contributed by atoms with E-state index in [0.717, 1.165) is 24.3 Å². The molecular formula is C17H16N2O9. The third-order valence-corrected chi connectivity index (χ3v) is 3.89. The summed E-state index contributed by atoms with van der Waals surface area (Å²) in [7, 11) is 5.14. The van der Waals surface area contributed by atoms with Gasteiger partial charge in [-0.2, -0.15) is 0 Å². The number of nitro groups is 2. The van der Waals surface area contributed by atoms with Crippen molar-refractivity contribution < 1.29 is 33.6 Å². The van der Waals surface area contributed by atoms with Gasteiger partial charge in [-0.25, -0.2) is 0 Å². The van der Waals surface area contributed by atoms with Gasteiger partial charge >= 0.3 is 0 Å². The van der Waals surface area contributed by atoms with E-state index in [4.69, 9.17) is 18.9 Å². The number of hydrogen-bond acceptors (Lipinski definition) is 9. The third-order valence-electron chi connectivity index (χ3n) is 3.89. The molecule has 0 atom stereocenters. The average molecular weight is 392 g/mol. The molecule has 0 spiro atoms. The summed E-state index contributed by atoms with van der Waals surface area (Å²) in [6.07, 6.45) is 0. The highest BCUT2D eigenvalue weighted by Gasteiger charge is 2.31. The highest BCUT2D eigenvalue weighted by Crippen LogP contribution is 2.39. The van der Waals surface area contributed by atoms with Crippen LogP contribution in [0.2, 0.25) is 0 Å². The van der Waals surface area contributed by atoms with E-state index in [0.29, 0.717) is 0 Å². The van der Waals surface area contributed by atoms with Gasteiger partial charge in [0, 0.05) is 12.1 Å². The maximum Gasteiger partial charge on any atom is 0.284 e. The van der Waals surface area contributed by atoms with E-state index in [1.54, 1.807) is 0 Å². The number of benzene rings is 2. The van der Waals surface area contributed by atoms with Crippen LogP contribution in [-0.2, 0) is 0 Å². The molecule has 0 aromatic heterocycles. The van der Waals surface area contributed by atoms with Crippen LogP contribution < -0.4 is 18.9 Å². The zero-order valence-corrected chi connectivity index (χ0v) is 15.4. The summed E-state index contributed by atoms with van der Waals surface area (Å²) < 4.78 is 20.2. The van der Waals surface area contributed by atoms with Crippen LogP contribution in [0.1, 0.15) is 15.9 Å². The molecule has 0 heterocycles. The van der Waals surface area contributed by atoms with Gasteiger partial charge in [0.1, 0.15) is 11.1 Å². The van der Waals surface area contributed by atoms with Crippen LogP contribution >= 0.6 is 0 Å². The molecule has 28 heavy (non-hydrogen) atoms. The molecule has 0 fully saturated rings. The smallest absolute Gasteiger partial charge is 0.284 e. The van der Waals surface area contributed by atoms with E-state index >= 15 is 0 Å². The van der Waals surface area contributed by atoms with Crippen LogP contribution in [0.15, 0.2) is 24.3 Å². The molecule has 0 aliphatic rings. The molecule has 2 rings (SSSR count). The summed E-state index contributed by atoms with van der Waals surface area (Å²) in [6.45, 7) is 0. The minimum absolute atomic E-state index is 0.0348. The maximum absolute atomic E-state index is 13.0. The van der Waals surface area contributed by atoms with E-state index in [1.807, 2.05) is 0 Å². The van der Waals surface area contributed by atoms with Gasteiger partial charge in [-0.3, -0.25) is 25.0 Å². The molecular weight excluding hydrogens is 376 g/mol. The van der Waals surface area contributed by atoms with Gasteiger partial charge < -0.3 is 18.9 Å². The zero-order valence-electron chi connectivity index (χ0n) is 15.4. The number of hydrogen-bond donors (Lipinski definition) is 0. The zero-order chi connectivity index (χ0) is 21.0. The standard InChI is InChI=1S/C17H16N2O9/c1-25-13-5-9(11(18(21)22)7-15(13)27-3)17(20)10-6-14(26-2)16(28-4)8-12(10)19(23)24/h5-8H,1-4H3. The van der Waals surface area contributed by atoms with Gasteiger partial charge in [-0.05, 0) is 0 Å². The van der Waals surface area contributed by atoms with Crippen LogP contribution in [0, 0.1) is 20.2 Å². The summed E-state index contributed by atoms with van der Waals surface area (Å²) >= 11 is 0. The lowest BCUT2D eigenvalue weighted by molar-refractivity contribution is -0.385. The molecule has 0 aliphatic carbocycles. The number of carbonyl (C=O) groups is 1. The lowest BCUT2D eigenvalue weighted by atomic mass is 9.99. The minimum atomic E-state index is -0.958. The van der Waals surface area contributed by atoms with E-state index in [-0.39, 0.29) is 23.0 Å². The average Bonchev–Trinajstić information content (AvgIpc) is 2.70. The minimum Gasteiger partial charge on any atom is -0.493 e. The summed E-state index contributed by atoms with van der Waals surface area (Å²) in [5, 5.41) is 22.9. The van der Waals surface area contributed by atoms with Gasteiger partial charge in [0.15, 0.2) is 23.0 Å². The lowest BCUT2D eigenvalue weighted by Gasteiger charge is -2.12. The SMILES string of the molecule is COc1cc(C(=O)c2cc(OC)c(OC)cc2[N+](=O)[O-])c([N+](=O)[O-])cc1OC. The Morgan fingerprint density at radius 2 is 0.964 bits per heavy atom. The Balaban J connectivity index is 2.78. The Kier molecular flexibility index (Phi) is 5.98. The monoisotopic (exact) mass is 392 g/mol. The van der Waals surface area contributed by atoms with Crippen molar-refractivity contribution >= 4 is 17.2 Å². The number of nitro benzene ring substituents is 2. The first-order valence-electron chi connectivity index (χ1n) is 7.64. The third kappa shape index (κ3) is 3.63. The number of ether oxygens (including phenoxy) is 4. The van der Waals surface area contributed by atoms with Crippen molar-refractivity contribution in [1.29, 1.82) is 0 Å². The molecule has 2 aromatic carbocycles. The molecule has 0 unspecified atom stereocenters. The Bertz CT molecular complexity index is 881. The number of rotatable bonds is 8. The molecule has 148 valence electrons. The Hall–Kier alpha value is -3.89. The Morgan fingerprint density at radius 1 is 0.679 bits per heavy atom. The highest BCUT2D eigenvalue weighted by molar-refractivity contribution is 6.14. The van der Waals surface area contributed by atoms with Gasteiger partial charge in [0.05, 0.1) is 50.4 Å². The topological polar surface area (TPSA) is 140 Å². The quantitative estimate of drug-likeness (QED) is 0.376. The van der Waals surface area contributed by atoms with Gasteiger partial charge in [-0.15, -0.1) is 0 Å². The van der Waals surface area contributed by atoms with E-state index < -0.39 is 38.1 Å². The second-order valence-electron chi connectivity index (χ2n) is 5.29. The van der Waals surface area contributed by atoms with Crippen LogP contribution in [0.3, 0.4) is 0 Å². The Morgan fingerprint density at radius 3 is 1.21 bits per heavy atom. The normalized spacial score (nSPS) is 10.1. The fourth-order valence-corrected chi connectivity index (χ4v) is 2.55. The highest BCUT2D eigenvalue weighted by atomic mass is 16.6. The van der Waals surface area contributed by atoms with Crippen molar-refractivity contribution in [2.75, 3.05) is 28.4 Å². The second kappa shape index (κ2) is 8.20. The predicted octanol–water partition coefficient (Wildman–Crippen LogP) is 2.77. The first-order chi connectivity index (χ1) is 13.3. The summed E-state index contributed by atoms with van der Waals surface area (Å²) in [6, 6.07) is 4.22. The second-order valence-corrected chi connectivity index (χ2v) is 5.29. The van der Waals surface area contributed by atoms with Crippen molar-refractivity contribution in [2.45, 2.75) is 0 Å². The van der Waals surface area contributed by atoms with E-state index in [2.05, 4.69) is 0 Å². The largest absolute Gasteiger partial charge is 0.493 e. The van der Waals surface area contributed by atoms with Crippen molar-refractivity contribution in [3.8, 4) is 23.0 Å². The van der Waals surface area contributed by atoms with E-state index in [1.165, 1.54) is 28.4 Å². The molecule has 2 aromatic rings. The van der Waals surface area contributed by atoms with Crippen LogP contribution in [0.25, 0.3) is 0 Å². The molecule has 0 saturated carbocycles. The summed E-state index contributed by atoms with van der Waals surface area (Å²) in [5.41, 5.74) is -1.99. The van der Waals surface area contributed by atoms with Gasteiger partial charge in [0.25, 0.3) is 11.4 Å². The summed E-state index contributed by atoms with van der Waals surface area (Å²) in [4.78, 5) is 34.3. The molecule has 0 N–H and O–H groups in total. The molecule has 0 aliphatic heterocycles. The lowest BCUT2D eigenvalue weighted by Crippen LogP contribution is -2.10. The number of carbonyl (C=O) groups excluding carboxylic acids is 1. The fourth-order valence-electron chi connectivity index (χ4n) is 2.55. The van der Waals surface area contributed by atoms with Crippen molar-refractivity contribution in [3.05, 3.63) is 55.6 Å².